The van der Waals surface area contributed by atoms with Crippen LogP contribution in [-0.4, -0.2) is 36.5 Å². The Kier molecular flexibility index (Phi) is 4.54. The van der Waals surface area contributed by atoms with Gasteiger partial charge >= 0.3 is 0 Å². The molecular formula is C24H38O4. The molecule has 1 spiro atoms. The summed E-state index contributed by atoms with van der Waals surface area (Å²) in [4.78, 5) is 11.5. The molecule has 0 aromatic heterocycles. The summed E-state index contributed by atoms with van der Waals surface area (Å²) in [6.45, 7) is 8.48. The molecule has 1 aliphatic heterocycles. The van der Waals surface area contributed by atoms with Crippen LogP contribution in [0.2, 0.25) is 0 Å². The van der Waals surface area contributed by atoms with Gasteiger partial charge in [-0.25, -0.2) is 0 Å². The van der Waals surface area contributed by atoms with E-state index in [4.69, 9.17) is 9.47 Å². The molecule has 28 heavy (non-hydrogen) atoms. The number of carbonyl (C=O) groups is 1. The van der Waals surface area contributed by atoms with Gasteiger partial charge in [-0.2, -0.15) is 0 Å². The van der Waals surface area contributed by atoms with Crippen molar-refractivity contribution in [1.29, 1.82) is 0 Å². The highest BCUT2D eigenvalue weighted by atomic mass is 16.7. The molecule has 5 fully saturated rings. The first-order chi connectivity index (χ1) is 13.3. The zero-order valence-corrected chi connectivity index (χ0v) is 17.9. The smallest absolute Gasteiger partial charge is 0.168 e. The van der Waals surface area contributed by atoms with E-state index in [2.05, 4.69) is 20.8 Å². The SMILES string of the molecule is C[C@H](C=O)[C@H]1CCC2C3C(O)CC4CC5(CC[C@]4(C)C3CC[C@@]21C)OCCO5. The molecule has 158 valence electrons. The topological polar surface area (TPSA) is 55.8 Å². The third kappa shape index (κ3) is 2.56. The van der Waals surface area contributed by atoms with Gasteiger partial charge in [-0.3, -0.25) is 0 Å². The normalized spacial score (nSPS) is 53.3. The number of aliphatic hydroxyl groups excluding tert-OH is 1. The molecule has 1 N–H and O–H groups in total. The van der Waals surface area contributed by atoms with E-state index in [0.717, 1.165) is 45.3 Å². The molecule has 4 nitrogen and oxygen atoms in total. The predicted octanol–water partition coefficient (Wildman–Crippen LogP) is 4.19. The summed E-state index contributed by atoms with van der Waals surface area (Å²) in [5, 5.41) is 11.4. The monoisotopic (exact) mass is 390 g/mol. The third-order valence-electron chi connectivity index (χ3n) is 10.4. The quantitative estimate of drug-likeness (QED) is 0.718. The third-order valence-corrected chi connectivity index (χ3v) is 10.4. The average molecular weight is 391 g/mol. The zero-order chi connectivity index (χ0) is 19.7. The number of carbonyl (C=O) groups excluding carboxylic acids is 1. The largest absolute Gasteiger partial charge is 0.393 e. The van der Waals surface area contributed by atoms with Crippen molar-refractivity contribution in [2.24, 2.45) is 46.3 Å². The minimum absolute atomic E-state index is 0.141. The van der Waals surface area contributed by atoms with Crippen molar-refractivity contribution in [1.82, 2.24) is 0 Å². The number of ether oxygens (including phenoxy) is 2. The van der Waals surface area contributed by atoms with Crippen LogP contribution in [0.4, 0.5) is 0 Å². The first kappa shape index (κ1) is 19.5. The number of aliphatic hydroxyl groups is 1. The van der Waals surface area contributed by atoms with E-state index in [1.54, 1.807) is 0 Å². The highest BCUT2D eigenvalue weighted by molar-refractivity contribution is 5.53. The second-order valence-corrected chi connectivity index (χ2v) is 11.3. The number of fused-ring (bicyclic) bond motifs is 5. The second-order valence-electron chi connectivity index (χ2n) is 11.3. The van der Waals surface area contributed by atoms with Crippen molar-refractivity contribution in [3.05, 3.63) is 0 Å². The van der Waals surface area contributed by atoms with Crippen molar-refractivity contribution in [2.45, 2.75) is 84.0 Å². The van der Waals surface area contributed by atoms with Gasteiger partial charge in [0.15, 0.2) is 5.79 Å². The summed E-state index contributed by atoms with van der Waals surface area (Å²) in [6, 6.07) is 0. The minimum Gasteiger partial charge on any atom is -0.393 e. The average Bonchev–Trinajstić information content (AvgIpc) is 3.27. The molecule has 5 unspecified atom stereocenters. The van der Waals surface area contributed by atoms with Crippen molar-refractivity contribution in [3.63, 3.8) is 0 Å². The fourth-order valence-electron chi connectivity index (χ4n) is 8.92. The lowest BCUT2D eigenvalue weighted by Gasteiger charge is -2.63. The summed E-state index contributed by atoms with van der Waals surface area (Å²) >= 11 is 0. The van der Waals surface area contributed by atoms with Crippen LogP contribution in [0.1, 0.15) is 72.1 Å². The van der Waals surface area contributed by atoms with Crippen LogP contribution in [-0.2, 0) is 14.3 Å². The van der Waals surface area contributed by atoms with E-state index < -0.39 is 0 Å². The van der Waals surface area contributed by atoms with Gasteiger partial charge in [-0.15, -0.1) is 0 Å². The Balaban J connectivity index is 1.42. The van der Waals surface area contributed by atoms with Gasteiger partial charge in [0.25, 0.3) is 0 Å². The summed E-state index contributed by atoms with van der Waals surface area (Å²) in [5.74, 6) is 2.34. The number of hydrogen-bond donors (Lipinski definition) is 1. The molecule has 5 aliphatic rings. The first-order valence-electron chi connectivity index (χ1n) is 11.7. The van der Waals surface area contributed by atoms with Gasteiger partial charge in [0.1, 0.15) is 6.29 Å². The molecular weight excluding hydrogens is 352 g/mol. The lowest BCUT2D eigenvalue weighted by atomic mass is 9.43. The molecule has 0 amide bonds. The Hall–Kier alpha value is -0.450. The molecule has 0 aromatic carbocycles. The molecule has 0 aromatic rings. The van der Waals surface area contributed by atoms with Crippen molar-refractivity contribution in [2.75, 3.05) is 13.2 Å². The van der Waals surface area contributed by atoms with E-state index in [-0.39, 0.29) is 23.2 Å². The van der Waals surface area contributed by atoms with Crippen LogP contribution in [0.3, 0.4) is 0 Å². The molecule has 4 saturated carbocycles. The van der Waals surface area contributed by atoms with Crippen molar-refractivity contribution >= 4 is 6.29 Å². The summed E-state index contributed by atoms with van der Waals surface area (Å²) < 4.78 is 12.1. The van der Waals surface area contributed by atoms with E-state index in [1.807, 2.05) is 0 Å². The standard InChI is InChI=1S/C24H38O4/c1-15(14-25)17-4-5-18-21-19(6-7-23(17,18)3)22(2)8-9-24(27-10-11-28-24)13-16(22)12-20(21)26/h14-21,26H,4-13H2,1-3H3/t15-,16?,17-,18?,19?,20?,21?,22+,23-/m1/s1. The molecule has 0 bridgehead atoms. The van der Waals surface area contributed by atoms with E-state index in [0.29, 0.717) is 35.0 Å². The van der Waals surface area contributed by atoms with Crippen LogP contribution in [0.5, 0.6) is 0 Å². The van der Waals surface area contributed by atoms with Gasteiger partial charge in [0, 0.05) is 18.8 Å². The molecule has 9 atom stereocenters. The minimum atomic E-state index is -0.363. The Morgan fingerprint density at radius 3 is 2.43 bits per heavy atom. The Bertz CT molecular complexity index is 628. The van der Waals surface area contributed by atoms with E-state index in [9.17, 15) is 9.90 Å². The summed E-state index contributed by atoms with van der Waals surface area (Å²) in [6.07, 6.45) is 9.73. The summed E-state index contributed by atoms with van der Waals surface area (Å²) in [7, 11) is 0. The number of rotatable bonds is 2. The highest BCUT2D eigenvalue weighted by Crippen LogP contribution is 2.69. The lowest BCUT2D eigenvalue weighted by molar-refractivity contribution is -0.242. The highest BCUT2D eigenvalue weighted by Gasteiger charge is 2.64. The molecule has 4 aliphatic carbocycles. The molecule has 1 saturated heterocycles. The van der Waals surface area contributed by atoms with Crippen molar-refractivity contribution < 1.29 is 19.4 Å². The Labute approximate surface area is 169 Å². The van der Waals surface area contributed by atoms with Crippen LogP contribution in [0, 0.1) is 46.3 Å². The molecule has 0 radical (unpaired) electrons. The van der Waals surface area contributed by atoms with Crippen LogP contribution in [0.15, 0.2) is 0 Å². The Morgan fingerprint density at radius 2 is 1.71 bits per heavy atom. The maximum Gasteiger partial charge on any atom is 0.168 e. The van der Waals surface area contributed by atoms with E-state index >= 15 is 0 Å². The van der Waals surface area contributed by atoms with Gasteiger partial charge in [-0.1, -0.05) is 20.8 Å². The van der Waals surface area contributed by atoms with Crippen LogP contribution >= 0.6 is 0 Å². The van der Waals surface area contributed by atoms with Crippen LogP contribution in [0.25, 0.3) is 0 Å². The Morgan fingerprint density at radius 1 is 1.00 bits per heavy atom. The lowest BCUT2D eigenvalue weighted by Crippen LogP contribution is -2.60. The molecule has 1 heterocycles. The fraction of sp³-hybridized carbons (Fsp3) is 0.958. The van der Waals surface area contributed by atoms with Gasteiger partial charge in [0.05, 0.1) is 19.3 Å². The second kappa shape index (κ2) is 6.52. The molecule has 5 rings (SSSR count). The number of hydrogen-bond acceptors (Lipinski definition) is 4. The van der Waals surface area contributed by atoms with Gasteiger partial charge in [-0.05, 0) is 78.9 Å². The van der Waals surface area contributed by atoms with Crippen molar-refractivity contribution in [3.8, 4) is 0 Å². The number of aldehydes is 1. The van der Waals surface area contributed by atoms with Crippen LogP contribution < -0.4 is 0 Å². The summed E-state index contributed by atoms with van der Waals surface area (Å²) in [5.41, 5.74) is 0.513. The van der Waals surface area contributed by atoms with E-state index in [1.165, 1.54) is 25.5 Å². The first-order valence-corrected chi connectivity index (χ1v) is 11.7. The molecule has 4 heteroatoms. The maximum atomic E-state index is 11.5. The van der Waals surface area contributed by atoms with Gasteiger partial charge in [0.2, 0.25) is 0 Å². The van der Waals surface area contributed by atoms with Gasteiger partial charge < -0.3 is 19.4 Å². The maximum absolute atomic E-state index is 11.5. The zero-order valence-electron chi connectivity index (χ0n) is 17.9. The fourth-order valence-corrected chi connectivity index (χ4v) is 8.92. The predicted molar refractivity (Wildman–Crippen MR) is 106 cm³/mol.